The lowest BCUT2D eigenvalue weighted by Gasteiger charge is -2.17. The Labute approximate surface area is 240 Å². The highest BCUT2D eigenvalue weighted by atomic mass is 19.4. The lowest BCUT2D eigenvalue weighted by atomic mass is 9.90. The highest BCUT2D eigenvalue weighted by Crippen LogP contribution is 2.33. The number of allylic oxidation sites excluding steroid dienone is 1. The average molecular weight is 585 g/mol. The second-order valence-electron chi connectivity index (χ2n) is 10.2. The van der Waals surface area contributed by atoms with Crippen LogP contribution in [-0.4, -0.2) is 47.8 Å². The van der Waals surface area contributed by atoms with Gasteiger partial charge in [0.05, 0.1) is 25.3 Å². The largest absolute Gasteiger partial charge is 0.497 e. The van der Waals surface area contributed by atoms with Crippen molar-refractivity contribution in [1.82, 2.24) is 15.3 Å². The molecule has 5 rings (SSSR count). The molecule has 42 heavy (non-hydrogen) atoms. The summed E-state index contributed by atoms with van der Waals surface area (Å²) in [6, 6.07) is 15.9. The number of nitrogens with one attached hydrogen (secondary N) is 1. The Bertz CT molecular complexity index is 1430. The summed E-state index contributed by atoms with van der Waals surface area (Å²) in [4.78, 5) is 21.0. The van der Waals surface area contributed by atoms with E-state index in [1.807, 2.05) is 55.5 Å². The molecule has 9 nitrogen and oxygen atoms in total. The van der Waals surface area contributed by atoms with E-state index >= 15 is 0 Å². The van der Waals surface area contributed by atoms with Crippen LogP contribution in [0.2, 0.25) is 0 Å². The number of carboxylic acid groups (broad SMARTS) is 1. The number of methoxy groups -OCH3 is 1. The zero-order valence-electron chi connectivity index (χ0n) is 23.1. The van der Waals surface area contributed by atoms with Gasteiger partial charge in [-0.25, -0.2) is 9.97 Å². The van der Waals surface area contributed by atoms with E-state index in [2.05, 4.69) is 15.3 Å². The maximum absolute atomic E-state index is 13.1. The molecule has 2 aliphatic heterocycles. The molecule has 1 saturated heterocycles. The molecule has 2 aliphatic rings. The van der Waals surface area contributed by atoms with Gasteiger partial charge in [-0.1, -0.05) is 12.1 Å². The van der Waals surface area contributed by atoms with E-state index in [4.69, 9.17) is 14.2 Å². The fourth-order valence-corrected chi connectivity index (χ4v) is 5.19. The number of hydrogen-bond acceptors (Lipinski definition) is 8. The van der Waals surface area contributed by atoms with Gasteiger partial charge in [0.15, 0.2) is 6.23 Å². The molecule has 1 unspecified atom stereocenters. The van der Waals surface area contributed by atoms with Gasteiger partial charge in [0.25, 0.3) is 0 Å². The van der Waals surface area contributed by atoms with E-state index in [9.17, 15) is 23.1 Å². The number of rotatable bonds is 10. The molecule has 3 atom stereocenters. The summed E-state index contributed by atoms with van der Waals surface area (Å²) >= 11 is 0. The molecular weight excluding hydrogens is 553 g/mol. The molecule has 0 amide bonds. The number of anilines is 1. The number of ether oxygens (including phenoxy) is 3. The zero-order valence-corrected chi connectivity index (χ0v) is 23.1. The molecule has 1 fully saturated rings. The molecule has 0 bridgehead atoms. The summed E-state index contributed by atoms with van der Waals surface area (Å²) in [6.07, 6.45) is -2.78. The SMILES string of the molecule is COc1ccc(C2NC(CCOc3ccc(C[C@@H]4CN(c5nccc(C(F)(F)F)n5)C[C@@H]4C(=O)O)cc3)=C(C)O2)cc1. The van der Waals surface area contributed by atoms with Crippen molar-refractivity contribution < 1.29 is 37.3 Å². The Kier molecular flexibility index (Phi) is 8.41. The Hall–Kier alpha value is -4.48. The molecule has 3 aromatic rings. The Morgan fingerprint density at radius 2 is 1.81 bits per heavy atom. The molecule has 0 spiro atoms. The maximum atomic E-state index is 13.1. The minimum Gasteiger partial charge on any atom is -0.497 e. The van der Waals surface area contributed by atoms with Crippen molar-refractivity contribution in [3.05, 3.63) is 89.1 Å². The Morgan fingerprint density at radius 3 is 2.48 bits per heavy atom. The molecular formula is C30H31F3N4O5. The molecule has 2 N–H and O–H groups in total. The van der Waals surface area contributed by atoms with Gasteiger partial charge in [0.2, 0.25) is 5.95 Å². The monoisotopic (exact) mass is 584 g/mol. The number of carboxylic acids is 1. The van der Waals surface area contributed by atoms with Crippen LogP contribution in [0.3, 0.4) is 0 Å². The fraction of sp³-hybridized carbons (Fsp3) is 0.367. The predicted octanol–water partition coefficient (Wildman–Crippen LogP) is 5.20. The molecule has 0 saturated carbocycles. The smallest absolute Gasteiger partial charge is 0.433 e. The molecule has 222 valence electrons. The fourth-order valence-electron chi connectivity index (χ4n) is 5.19. The first-order valence-electron chi connectivity index (χ1n) is 13.5. The van der Waals surface area contributed by atoms with Crippen molar-refractivity contribution in [2.45, 2.75) is 32.2 Å². The van der Waals surface area contributed by atoms with Gasteiger partial charge in [-0.05, 0) is 67.3 Å². The van der Waals surface area contributed by atoms with E-state index in [-0.39, 0.29) is 31.2 Å². The van der Waals surface area contributed by atoms with Gasteiger partial charge < -0.3 is 29.5 Å². The number of alkyl halides is 3. The van der Waals surface area contributed by atoms with Crippen molar-refractivity contribution in [1.29, 1.82) is 0 Å². The second-order valence-corrected chi connectivity index (χ2v) is 10.2. The highest BCUT2D eigenvalue weighted by Gasteiger charge is 2.40. The van der Waals surface area contributed by atoms with Crippen LogP contribution in [-0.2, 0) is 22.1 Å². The third-order valence-electron chi connectivity index (χ3n) is 7.46. The normalized spacial score (nSPS) is 20.3. The van der Waals surface area contributed by atoms with Crippen LogP contribution in [0.4, 0.5) is 19.1 Å². The molecule has 3 heterocycles. The predicted molar refractivity (Wildman–Crippen MR) is 147 cm³/mol. The summed E-state index contributed by atoms with van der Waals surface area (Å²) in [6.45, 7) is 2.61. The number of carbonyl (C=O) groups is 1. The number of benzene rings is 2. The average Bonchev–Trinajstić information content (AvgIpc) is 3.57. The molecule has 0 radical (unpaired) electrons. The van der Waals surface area contributed by atoms with Crippen LogP contribution < -0.4 is 19.7 Å². The second kappa shape index (κ2) is 12.2. The third-order valence-corrected chi connectivity index (χ3v) is 7.46. The van der Waals surface area contributed by atoms with Crippen molar-refractivity contribution in [2.75, 3.05) is 31.7 Å². The molecule has 12 heteroatoms. The van der Waals surface area contributed by atoms with Crippen LogP contribution in [0, 0.1) is 11.8 Å². The lowest BCUT2D eigenvalue weighted by Crippen LogP contribution is -2.25. The number of hydrogen-bond donors (Lipinski definition) is 2. The van der Waals surface area contributed by atoms with Crippen LogP contribution in [0.1, 0.15) is 36.4 Å². The van der Waals surface area contributed by atoms with Crippen LogP contribution in [0.15, 0.2) is 72.3 Å². The first kappa shape index (κ1) is 29.0. The van der Waals surface area contributed by atoms with Gasteiger partial charge in [0.1, 0.15) is 23.0 Å². The topological polar surface area (TPSA) is 106 Å². The number of aliphatic carboxylic acids is 1. The van der Waals surface area contributed by atoms with E-state index in [1.54, 1.807) is 7.11 Å². The quantitative estimate of drug-likeness (QED) is 0.333. The number of halogens is 3. The lowest BCUT2D eigenvalue weighted by molar-refractivity contribution is -0.142. The van der Waals surface area contributed by atoms with Gasteiger partial charge in [-0.2, -0.15) is 13.2 Å². The molecule has 2 aromatic carbocycles. The Balaban J connectivity index is 1.14. The summed E-state index contributed by atoms with van der Waals surface area (Å²) in [5.74, 6) is 0.0419. The van der Waals surface area contributed by atoms with Crippen LogP contribution in [0.25, 0.3) is 0 Å². The first-order valence-corrected chi connectivity index (χ1v) is 13.5. The molecule has 1 aromatic heterocycles. The summed E-state index contributed by atoms with van der Waals surface area (Å²) in [5.41, 5.74) is 1.79. The summed E-state index contributed by atoms with van der Waals surface area (Å²) in [5, 5.41) is 13.2. The van der Waals surface area contributed by atoms with E-state index in [1.165, 1.54) is 4.90 Å². The van der Waals surface area contributed by atoms with Crippen molar-refractivity contribution >= 4 is 11.9 Å². The minimum absolute atomic E-state index is 0.0366. The maximum Gasteiger partial charge on any atom is 0.433 e. The van der Waals surface area contributed by atoms with E-state index < -0.39 is 23.8 Å². The van der Waals surface area contributed by atoms with Crippen molar-refractivity contribution in [3.63, 3.8) is 0 Å². The van der Waals surface area contributed by atoms with Crippen molar-refractivity contribution in [3.8, 4) is 11.5 Å². The standard InChI is InChI=1S/C30H31F3N4O5/c1-18-25(35-27(42-18)20-5-9-22(40-2)10-6-20)12-14-41-23-7-3-19(4-8-23)15-21-16-37(17-24(21)28(38)39)29-34-13-11-26(36-29)30(31,32)33/h3-11,13,21,24,27,35H,12,14-17H2,1-2H3,(H,38,39)/t21-,24+,27?/m1/s1. The Morgan fingerprint density at radius 1 is 1.10 bits per heavy atom. The van der Waals surface area contributed by atoms with Crippen LogP contribution in [0.5, 0.6) is 11.5 Å². The molecule has 0 aliphatic carbocycles. The van der Waals surface area contributed by atoms with Crippen molar-refractivity contribution in [2.24, 2.45) is 11.8 Å². The van der Waals surface area contributed by atoms with E-state index in [0.717, 1.165) is 40.6 Å². The summed E-state index contributed by atoms with van der Waals surface area (Å²) < 4.78 is 56.4. The highest BCUT2D eigenvalue weighted by molar-refractivity contribution is 5.72. The van der Waals surface area contributed by atoms with Crippen LogP contribution >= 0.6 is 0 Å². The summed E-state index contributed by atoms with van der Waals surface area (Å²) in [7, 11) is 1.62. The van der Waals surface area contributed by atoms with Gasteiger partial charge in [-0.3, -0.25) is 4.79 Å². The first-order chi connectivity index (χ1) is 20.1. The van der Waals surface area contributed by atoms with Gasteiger partial charge in [0, 0.05) is 31.3 Å². The number of nitrogens with zero attached hydrogens (tertiary/aromatic N) is 3. The van der Waals surface area contributed by atoms with E-state index in [0.29, 0.717) is 25.2 Å². The minimum atomic E-state index is -4.61. The van der Waals surface area contributed by atoms with Gasteiger partial charge >= 0.3 is 12.1 Å². The third kappa shape index (κ3) is 6.69. The number of aromatic nitrogens is 2. The zero-order chi connectivity index (χ0) is 29.9. The van der Waals surface area contributed by atoms with Gasteiger partial charge in [-0.15, -0.1) is 0 Å².